The van der Waals surface area contributed by atoms with Crippen LogP contribution >= 0.6 is 0 Å². The van der Waals surface area contributed by atoms with Gasteiger partial charge in [-0.1, -0.05) is 20.8 Å². The standard InChI is InChI=1S/C27H44O5/c1-15-23-22(32-27(15)10-9-24(2,30)14-31-27)13-19-17-12-21(29)20-11-16(28)5-7-25(20,3)18(17)6-8-26(19,23)4/h15-23,28-30H,5-14H2,1-4H3/t15-,16-,17+,18-,19+,20-,21-,22-,23-,24+,25+,26-,27+/m0/s1. The maximum Gasteiger partial charge on any atom is 0.171 e. The second-order valence-corrected chi connectivity index (χ2v) is 13.6. The van der Waals surface area contributed by atoms with Gasteiger partial charge in [0.15, 0.2) is 5.79 Å². The number of ether oxygens (including phenoxy) is 2. The third kappa shape index (κ3) is 2.87. The number of fused-ring (bicyclic) bond motifs is 7. The van der Waals surface area contributed by atoms with Gasteiger partial charge in [-0.2, -0.15) is 0 Å². The molecule has 0 aromatic rings. The number of aliphatic hydroxyl groups excluding tert-OH is 2. The quantitative estimate of drug-likeness (QED) is 0.524. The fraction of sp³-hybridized carbons (Fsp3) is 1.00. The average molecular weight is 449 g/mol. The Morgan fingerprint density at radius 1 is 0.812 bits per heavy atom. The second kappa shape index (κ2) is 6.94. The normalized spacial score (nSPS) is 64.0. The molecule has 5 nitrogen and oxygen atoms in total. The first-order chi connectivity index (χ1) is 15.0. The molecule has 6 rings (SSSR count). The Morgan fingerprint density at radius 3 is 2.28 bits per heavy atom. The van der Waals surface area contributed by atoms with Crippen LogP contribution in [0.3, 0.4) is 0 Å². The molecule has 0 amide bonds. The van der Waals surface area contributed by atoms with Crippen molar-refractivity contribution in [3.8, 4) is 0 Å². The number of hydrogen-bond donors (Lipinski definition) is 3. The Morgan fingerprint density at radius 2 is 1.56 bits per heavy atom. The molecular weight excluding hydrogens is 404 g/mol. The molecule has 1 spiro atoms. The van der Waals surface area contributed by atoms with Crippen molar-refractivity contribution in [2.45, 2.75) is 115 Å². The highest BCUT2D eigenvalue weighted by Crippen LogP contribution is 2.71. The lowest BCUT2D eigenvalue weighted by atomic mass is 9.43. The summed E-state index contributed by atoms with van der Waals surface area (Å²) in [4.78, 5) is 0. The number of hydrogen-bond acceptors (Lipinski definition) is 5. The van der Waals surface area contributed by atoms with Crippen LogP contribution in [0.1, 0.15) is 85.5 Å². The van der Waals surface area contributed by atoms with Crippen LogP contribution in [0.15, 0.2) is 0 Å². The first kappa shape index (κ1) is 22.3. The van der Waals surface area contributed by atoms with E-state index in [9.17, 15) is 15.3 Å². The molecule has 32 heavy (non-hydrogen) atoms. The maximum atomic E-state index is 11.2. The summed E-state index contributed by atoms with van der Waals surface area (Å²) in [6, 6.07) is 0. The van der Waals surface area contributed by atoms with Crippen LogP contribution in [0.5, 0.6) is 0 Å². The van der Waals surface area contributed by atoms with Gasteiger partial charge in [-0.05, 0) is 98.7 Å². The van der Waals surface area contributed by atoms with E-state index < -0.39 is 11.4 Å². The van der Waals surface area contributed by atoms with E-state index in [-0.39, 0.29) is 35.1 Å². The third-order valence-corrected chi connectivity index (χ3v) is 12.0. The van der Waals surface area contributed by atoms with Gasteiger partial charge in [0, 0.05) is 12.3 Å². The molecule has 13 atom stereocenters. The molecule has 4 aliphatic carbocycles. The van der Waals surface area contributed by atoms with E-state index in [2.05, 4.69) is 20.8 Å². The molecule has 2 heterocycles. The van der Waals surface area contributed by atoms with E-state index in [1.54, 1.807) is 0 Å². The molecule has 2 aliphatic heterocycles. The molecule has 3 N–H and O–H groups in total. The van der Waals surface area contributed by atoms with Crippen molar-refractivity contribution in [2.24, 2.45) is 46.3 Å². The summed E-state index contributed by atoms with van der Waals surface area (Å²) in [5.74, 6) is 2.37. The zero-order valence-electron chi connectivity index (χ0n) is 20.4. The number of aliphatic hydroxyl groups is 3. The summed E-state index contributed by atoms with van der Waals surface area (Å²) < 4.78 is 13.1. The lowest BCUT2D eigenvalue weighted by Gasteiger charge is -2.62. The van der Waals surface area contributed by atoms with E-state index in [0.29, 0.717) is 36.2 Å². The molecule has 0 aromatic heterocycles. The van der Waals surface area contributed by atoms with Gasteiger partial charge in [0.1, 0.15) is 0 Å². The smallest absolute Gasteiger partial charge is 0.171 e. The van der Waals surface area contributed by atoms with Crippen molar-refractivity contribution < 1.29 is 24.8 Å². The van der Waals surface area contributed by atoms with Crippen LogP contribution < -0.4 is 0 Å². The molecule has 0 radical (unpaired) electrons. The van der Waals surface area contributed by atoms with Gasteiger partial charge in [-0.3, -0.25) is 0 Å². The largest absolute Gasteiger partial charge is 0.393 e. The van der Waals surface area contributed by atoms with Gasteiger partial charge in [-0.15, -0.1) is 0 Å². The minimum atomic E-state index is -0.742. The van der Waals surface area contributed by atoms with Gasteiger partial charge in [-0.25, -0.2) is 0 Å². The van der Waals surface area contributed by atoms with Crippen molar-refractivity contribution in [1.29, 1.82) is 0 Å². The summed E-state index contributed by atoms with van der Waals surface area (Å²) >= 11 is 0. The molecule has 2 saturated heterocycles. The Labute approximate surface area is 193 Å². The summed E-state index contributed by atoms with van der Waals surface area (Å²) in [6.45, 7) is 9.50. The highest BCUT2D eigenvalue weighted by Gasteiger charge is 2.70. The molecule has 0 aromatic carbocycles. The van der Waals surface area contributed by atoms with Crippen molar-refractivity contribution in [1.82, 2.24) is 0 Å². The van der Waals surface area contributed by atoms with E-state index in [0.717, 1.165) is 44.9 Å². The molecule has 6 fully saturated rings. The zero-order chi connectivity index (χ0) is 22.7. The average Bonchev–Trinajstić information content (AvgIpc) is 3.17. The highest BCUT2D eigenvalue weighted by atomic mass is 16.7. The molecule has 6 aliphatic rings. The zero-order valence-corrected chi connectivity index (χ0v) is 20.4. The molecule has 0 unspecified atom stereocenters. The van der Waals surface area contributed by atoms with Crippen LogP contribution in [0.25, 0.3) is 0 Å². The van der Waals surface area contributed by atoms with E-state index in [4.69, 9.17) is 9.47 Å². The third-order valence-electron chi connectivity index (χ3n) is 12.0. The minimum Gasteiger partial charge on any atom is -0.393 e. The molecule has 182 valence electrons. The van der Waals surface area contributed by atoms with Crippen molar-refractivity contribution >= 4 is 0 Å². The topological polar surface area (TPSA) is 79.2 Å². The predicted molar refractivity (Wildman–Crippen MR) is 121 cm³/mol. The monoisotopic (exact) mass is 448 g/mol. The van der Waals surface area contributed by atoms with Crippen molar-refractivity contribution in [2.75, 3.05) is 6.61 Å². The minimum absolute atomic E-state index is 0.159. The number of rotatable bonds is 0. The van der Waals surface area contributed by atoms with Crippen LogP contribution in [0.2, 0.25) is 0 Å². The summed E-state index contributed by atoms with van der Waals surface area (Å²) in [5.41, 5.74) is -0.351. The van der Waals surface area contributed by atoms with E-state index >= 15 is 0 Å². The van der Waals surface area contributed by atoms with Crippen LogP contribution in [0, 0.1) is 46.3 Å². The first-order valence-corrected chi connectivity index (χ1v) is 13.4. The highest BCUT2D eigenvalue weighted by molar-refractivity contribution is 5.16. The van der Waals surface area contributed by atoms with Gasteiger partial charge >= 0.3 is 0 Å². The summed E-state index contributed by atoms with van der Waals surface area (Å²) in [6.07, 6.45) is 8.41. The molecular formula is C27H44O5. The summed E-state index contributed by atoms with van der Waals surface area (Å²) in [7, 11) is 0. The second-order valence-electron chi connectivity index (χ2n) is 13.6. The fourth-order valence-electron chi connectivity index (χ4n) is 10.3. The van der Waals surface area contributed by atoms with Gasteiger partial charge < -0.3 is 24.8 Å². The Bertz CT molecular complexity index is 757. The van der Waals surface area contributed by atoms with Crippen LogP contribution in [0.4, 0.5) is 0 Å². The van der Waals surface area contributed by atoms with E-state index in [1.165, 1.54) is 12.8 Å². The fourth-order valence-corrected chi connectivity index (χ4v) is 10.3. The lowest BCUT2D eigenvalue weighted by Crippen LogP contribution is -2.59. The van der Waals surface area contributed by atoms with Crippen LogP contribution in [-0.4, -0.2) is 51.6 Å². The lowest BCUT2D eigenvalue weighted by molar-refractivity contribution is -0.294. The van der Waals surface area contributed by atoms with Crippen molar-refractivity contribution in [3.63, 3.8) is 0 Å². The molecule has 4 saturated carbocycles. The van der Waals surface area contributed by atoms with E-state index in [1.807, 2.05) is 6.92 Å². The Hall–Kier alpha value is -0.200. The predicted octanol–water partition coefficient (Wildman–Crippen LogP) is 3.88. The SMILES string of the molecule is C[C@H]1[C@H]2[C@H](C[C@@H]3[C@@H]4C[C@H](O)[C@@H]5C[C@@H](O)CC[C@]5(C)[C@H]4CC[C@]23C)O[C@]12CC[C@@](C)(O)CO2. The molecule has 5 heteroatoms. The molecule has 0 bridgehead atoms. The Balaban J connectivity index is 1.27. The maximum absolute atomic E-state index is 11.2. The van der Waals surface area contributed by atoms with Crippen LogP contribution in [-0.2, 0) is 9.47 Å². The van der Waals surface area contributed by atoms with Crippen molar-refractivity contribution in [3.05, 3.63) is 0 Å². The summed E-state index contributed by atoms with van der Waals surface area (Å²) in [5, 5.41) is 32.0. The van der Waals surface area contributed by atoms with Gasteiger partial charge in [0.25, 0.3) is 0 Å². The van der Waals surface area contributed by atoms with Gasteiger partial charge in [0.05, 0.1) is 30.5 Å². The van der Waals surface area contributed by atoms with Gasteiger partial charge in [0.2, 0.25) is 0 Å². The Kier molecular flexibility index (Phi) is 4.83. The first-order valence-electron chi connectivity index (χ1n) is 13.4.